The first-order chi connectivity index (χ1) is 14.9. The summed E-state index contributed by atoms with van der Waals surface area (Å²) in [6.07, 6.45) is 0. The Labute approximate surface area is 185 Å². The fourth-order valence-corrected chi connectivity index (χ4v) is 4.44. The molecule has 0 aliphatic carbocycles. The van der Waals surface area contributed by atoms with E-state index in [0.29, 0.717) is 35.0 Å². The van der Waals surface area contributed by atoms with Crippen LogP contribution in [0.15, 0.2) is 55.0 Å². The number of rotatable bonds is 4. The molecule has 172 valence electrons. The molecule has 0 unspecified atom stereocenters. The summed E-state index contributed by atoms with van der Waals surface area (Å²) in [6, 6.07) is 8.24. The molecule has 2 aromatic heterocycles. The van der Waals surface area contributed by atoms with E-state index in [-0.39, 0.29) is 9.79 Å². The Bertz CT molecular complexity index is 1520. The fraction of sp³-hybridized carbons (Fsp3) is 0.300. The summed E-state index contributed by atoms with van der Waals surface area (Å²) >= 11 is 0. The van der Waals surface area contributed by atoms with Crippen LogP contribution >= 0.6 is 0 Å². The summed E-state index contributed by atoms with van der Waals surface area (Å²) < 4.78 is 79.7. The van der Waals surface area contributed by atoms with Crippen LogP contribution < -0.4 is 9.13 Å². The number of aromatic nitrogens is 2. The van der Waals surface area contributed by atoms with Gasteiger partial charge < -0.3 is 17.9 Å². The van der Waals surface area contributed by atoms with Crippen molar-refractivity contribution in [2.45, 2.75) is 50.6 Å². The maximum atomic E-state index is 10.9. The number of oxazole rings is 2. The Kier molecular flexibility index (Phi) is 6.43. The number of aryl methyl sites for hydroxylation is 4. The van der Waals surface area contributed by atoms with E-state index in [9.17, 15) is 25.9 Å². The van der Waals surface area contributed by atoms with Crippen LogP contribution in [0, 0.1) is 13.8 Å². The van der Waals surface area contributed by atoms with E-state index >= 15 is 0 Å². The van der Waals surface area contributed by atoms with E-state index < -0.39 is 20.2 Å². The van der Waals surface area contributed by atoms with Crippen molar-refractivity contribution in [1.82, 2.24) is 0 Å². The van der Waals surface area contributed by atoms with Gasteiger partial charge in [0.2, 0.25) is 11.2 Å². The van der Waals surface area contributed by atoms with Gasteiger partial charge >= 0.3 is 11.8 Å². The summed E-state index contributed by atoms with van der Waals surface area (Å²) in [6.45, 7) is 8.83. The van der Waals surface area contributed by atoms with Crippen molar-refractivity contribution in [1.29, 1.82) is 0 Å². The third kappa shape index (κ3) is 4.67. The average Bonchev–Trinajstić information content (AvgIpc) is 3.19. The highest BCUT2D eigenvalue weighted by molar-refractivity contribution is 7.86. The standard InChI is InChI=1S/2C10H11NO4S/c1-3-11-7(2)15-10-5-4-8(6-9(10)11)16(12,13)14;1-3-11-7(2)15-10-6-8(16(12,13)14)4-5-9(10)11/h2*4-6H,3H2,1-2H3. The van der Waals surface area contributed by atoms with Gasteiger partial charge in [0.05, 0.1) is 23.6 Å². The van der Waals surface area contributed by atoms with Crippen molar-refractivity contribution < 1.29 is 43.9 Å². The second-order valence-corrected chi connectivity index (χ2v) is 9.66. The van der Waals surface area contributed by atoms with Gasteiger partial charge in [0.1, 0.15) is 33.3 Å². The number of hydrogen-bond acceptors (Lipinski definition) is 8. The molecule has 2 aromatic carbocycles. The van der Waals surface area contributed by atoms with Gasteiger partial charge in [-0.1, -0.05) is 0 Å². The largest absolute Gasteiger partial charge is 0.744 e. The zero-order valence-electron chi connectivity index (χ0n) is 17.9. The van der Waals surface area contributed by atoms with Crippen LogP contribution in [0.4, 0.5) is 0 Å². The van der Waals surface area contributed by atoms with Crippen LogP contribution in [-0.4, -0.2) is 25.9 Å². The summed E-state index contributed by atoms with van der Waals surface area (Å²) in [4.78, 5) is -0.500. The zero-order valence-corrected chi connectivity index (χ0v) is 19.5. The molecular formula is C20H22N2O8S2. The zero-order chi connectivity index (χ0) is 23.8. The first-order valence-electron chi connectivity index (χ1n) is 9.64. The van der Waals surface area contributed by atoms with Gasteiger partial charge in [-0.25, -0.2) is 16.8 Å². The normalized spacial score (nSPS) is 12.2. The van der Waals surface area contributed by atoms with Crippen molar-refractivity contribution in [2.75, 3.05) is 0 Å². The topological polar surface area (TPSA) is 148 Å². The maximum Gasteiger partial charge on any atom is 0.344 e. The van der Waals surface area contributed by atoms with Gasteiger partial charge in [0.15, 0.2) is 0 Å². The molecule has 4 rings (SSSR count). The van der Waals surface area contributed by atoms with E-state index in [4.69, 9.17) is 8.83 Å². The lowest BCUT2D eigenvalue weighted by atomic mass is 10.3. The van der Waals surface area contributed by atoms with Crippen LogP contribution in [0.5, 0.6) is 0 Å². The molecule has 0 N–H and O–H groups in total. The van der Waals surface area contributed by atoms with Crippen molar-refractivity contribution in [3.8, 4) is 0 Å². The molecule has 0 aliphatic rings. The van der Waals surface area contributed by atoms with Crippen LogP contribution in [0.1, 0.15) is 25.6 Å². The summed E-state index contributed by atoms with van der Waals surface area (Å²) in [5.41, 5.74) is 2.40. The minimum Gasteiger partial charge on any atom is -0.744 e. The molecule has 0 bridgehead atoms. The van der Waals surface area contributed by atoms with E-state index in [1.54, 1.807) is 19.9 Å². The van der Waals surface area contributed by atoms with Gasteiger partial charge in [0, 0.05) is 18.2 Å². The Morgan fingerprint density at radius 2 is 1.19 bits per heavy atom. The molecule has 0 radical (unpaired) electrons. The average molecular weight is 483 g/mol. The highest BCUT2D eigenvalue weighted by Gasteiger charge is 2.19. The molecule has 10 nitrogen and oxygen atoms in total. The van der Waals surface area contributed by atoms with Crippen LogP contribution in [0.25, 0.3) is 22.2 Å². The molecule has 0 saturated carbocycles. The van der Waals surface area contributed by atoms with Crippen molar-refractivity contribution in [3.63, 3.8) is 0 Å². The predicted octanol–water partition coefficient (Wildman–Crippen LogP) is 1.91. The summed E-state index contributed by atoms with van der Waals surface area (Å²) in [7, 11) is -8.84. The number of benzene rings is 2. The lowest BCUT2D eigenvalue weighted by Crippen LogP contribution is -2.33. The van der Waals surface area contributed by atoms with E-state index in [0.717, 1.165) is 12.1 Å². The highest BCUT2D eigenvalue weighted by atomic mass is 32.2. The number of hydrogen-bond donors (Lipinski definition) is 0. The van der Waals surface area contributed by atoms with E-state index in [1.165, 1.54) is 30.3 Å². The molecule has 0 amide bonds. The lowest BCUT2D eigenvalue weighted by molar-refractivity contribution is -0.679. The quantitative estimate of drug-likeness (QED) is 0.316. The monoisotopic (exact) mass is 482 g/mol. The first-order valence-corrected chi connectivity index (χ1v) is 12.5. The van der Waals surface area contributed by atoms with Gasteiger partial charge in [-0.15, -0.1) is 0 Å². The molecule has 0 atom stereocenters. The molecular weight excluding hydrogens is 460 g/mol. The van der Waals surface area contributed by atoms with Gasteiger partial charge in [-0.3, -0.25) is 0 Å². The van der Waals surface area contributed by atoms with E-state index in [2.05, 4.69) is 0 Å². The molecule has 0 aliphatic heterocycles. The third-order valence-electron chi connectivity index (χ3n) is 4.93. The third-order valence-corrected chi connectivity index (χ3v) is 6.59. The Morgan fingerprint density at radius 3 is 1.72 bits per heavy atom. The van der Waals surface area contributed by atoms with Crippen molar-refractivity contribution in [3.05, 3.63) is 48.2 Å². The fourth-order valence-electron chi connectivity index (χ4n) is 3.46. The Balaban J connectivity index is 0.000000181. The van der Waals surface area contributed by atoms with Crippen LogP contribution in [0.3, 0.4) is 0 Å². The molecule has 2 heterocycles. The Morgan fingerprint density at radius 1 is 0.719 bits per heavy atom. The molecule has 0 fully saturated rings. The molecule has 0 spiro atoms. The highest BCUT2D eigenvalue weighted by Crippen LogP contribution is 2.19. The predicted molar refractivity (Wildman–Crippen MR) is 110 cm³/mol. The second kappa shape index (κ2) is 8.62. The van der Waals surface area contributed by atoms with Gasteiger partial charge in [-0.05, 0) is 32.0 Å². The van der Waals surface area contributed by atoms with Crippen molar-refractivity contribution in [2.24, 2.45) is 0 Å². The molecule has 0 saturated heterocycles. The Hall–Kier alpha value is -2.80. The van der Waals surface area contributed by atoms with E-state index in [1.807, 2.05) is 23.0 Å². The van der Waals surface area contributed by atoms with Crippen molar-refractivity contribution >= 4 is 42.4 Å². The second-order valence-electron chi connectivity index (χ2n) is 6.90. The van der Waals surface area contributed by atoms with Crippen LogP contribution in [-0.2, 0) is 33.3 Å². The minimum absolute atomic E-state index is 0.233. The summed E-state index contributed by atoms with van der Waals surface area (Å²) in [5.74, 6) is 1.36. The maximum absolute atomic E-state index is 10.9. The smallest absolute Gasteiger partial charge is 0.344 e. The molecule has 32 heavy (non-hydrogen) atoms. The molecule has 4 aromatic rings. The minimum atomic E-state index is -4.42. The molecule has 12 heteroatoms. The lowest BCUT2D eigenvalue weighted by Gasteiger charge is -2.04. The number of nitrogens with zero attached hydrogens (tertiary/aromatic N) is 2. The van der Waals surface area contributed by atoms with Crippen LogP contribution in [0.2, 0.25) is 0 Å². The summed E-state index contributed by atoms with van der Waals surface area (Å²) in [5, 5.41) is 0. The first kappa shape index (κ1) is 23.9. The van der Waals surface area contributed by atoms with Gasteiger partial charge in [0.25, 0.3) is 11.0 Å². The van der Waals surface area contributed by atoms with Gasteiger partial charge in [-0.2, -0.15) is 9.13 Å². The number of fused-ring (bicyclic) bond motifs is 2. The SMILES string of the molecule is CC[n+]1c(C)oc2cc(S(=O)(=O)[O-])ccc21.CC[n+]1c(C)oc2ccc(S(=O)(=O)[O-])cc21.